The second-order valence-corrected chi connectivity index (χ2v) is 3.74. The highest BCUT2D eigenvalue weighted by Crippen LogP contribution is 2.24. The molecule has 2 rings (SSSR count). The number of alkyl halides is 1. The van der Waals surface area contributed by atoms with E-state index in [1.165, 1.54) is 0 Å². The lowest BCUT2D eigenvalue weighted by atomic mass is 10.1. The van der Waals surface area contributed by atoms with E-state index in [1.807, 2.05) is 25.1 Å². The van der Waals surface area contributed by atoms with Gasteiger partial charge in [-0.25, -0.2) is 4.98 Å². The van der Waals surface area contributed by atoms with Crippen molar-refractivity contribution in [3.05, 3.63) is 30.1 Å². The van der Waals surface area contributed by atoms with Gasteiger partial charge in [-0.3, -0.25) is 9.89 Å². The fraction of sp³-hybridized carbons (Fsp3) is 0.182. The Balaban J connectivity index is 0.00000162. The molecule has 0 atom stereocenters. The second-order valence-electron chi connectivity index (χ2n) is 3.47. The molecule has 0 radical (unpaired) electrons. The molecule has 1 amide bonds. The third-order valence-electron chi connectivity index (χ3n) is 2.16. The Bertz CT molecular complexity index is 541. The van der Waals surface area contributed by atoms with E-state index in [-0.39, 0.29) is 24.2 Å². The molecule has 0 unspecified atom stereocenters. The number of halogens is 2. The monoisotopic (exact) mass is 286 g/mol. The van der Waals surface area contributed by atoms with Crippen molar-refractivity contribution in [2.75, 3.05) is 11.2 Å². The van der Waals surface area contributed by atoms with Gasteiger partial charge in [-0.2, -0.15) is 5.10 Å². The number of H-pyrrole nitrogens is 1. The average molecular weight is 287 g/mol. The van der Waals surface area contributed by atoms with E-state index in [4.69, 9.17) is 11.6 Å². The number of amides is 1. The van der Waals surface area contributed by atoms with Gasteiger partial charge in [-0.1, -0.05) is 12.1 Å². The van der Waals surface area contributed by atoms with Crippen molar-refractivity contribution in [1.29, 1.82) is 0 Å². The molecule has 0 spiro atoms. The molecule has 0 aliphatic heterocycles. The summed E-state index contributed by atoms with van der Waals surface area (Å²) in [7, 11) is 0. The van der Waals surface area contributed by atoms with Gasteiger partial charge in [-0.15, -0.1) is 24.0 Å². The van der Waals surface area contributed by atoms with Crippen LogP contribution in [0, 0.1) is 6.92 Å². The Morgan fingerprint density at radius 2 is 2.17 bits per heavy atom. The van der Waals surface area contributed by atoms with Gasteiger partial charge in [0.05, 0.1) is 5.69 Å². The van der Waals surface area contributed by atoms with E-state index in [9.17, 15) is 4.79 Å². The Morgan fingerprint density at radius 1 is 1.44 bits per heavy atom. The lowest BCUT2D eigenvalue weighted by molar-refractivity contribution is -0.113. The molecule has 2 aromatic rings. The summed E-state index contributed by atoms with van der Waals surface area (Å²) >= 11 is 5.45. The van der Waals surface area contributed by atoms with Crippen molar-refractivity contribution in [3.63, 3.8) is 0 Å². The van der Waals surface area contributed by atoms with Crippen molar-refractivity contribution in [2.24, 2.45) is 0 Å². The fourth-order valence-corrected chi connectivity index (χ4v) is 1.50. The summed E-state index contributed by atoms with van der Waals surface area (Å²) in [5, 5.41) is 9.52. The Hall–Kier alpha value is -1.59. The van der Waals surface area contributed by atoms with Gasteiger partial charge in [0.1, 0.15) is 11.7 Å². The van der Waals surface area contributed by atoms with Crippen LogP contribution in [0.5, 0.6) is 0 Å². The number of nitrogens with one attached hydrogen (secondary N) is 2. The first-order valence-corrected chi connectivity index (χ1v) is 5.58. The van der Waals surface area contributed by atoms with E-state index in [2.05, 4.69) is 20.5 Å². The van der Waals surface area contributed by atoms with Crippen molar-refractivity contribution in [1.82, 2.24) is 15.2 Å². The van der Waals surface area contributed by atoms with Crippen LogP contribution in [0.1, 0.15) is 5.82 Å². The number of hydrogen-bond acceptors (Lipinski definition) is 3. The molecule has 0 aliphatic carbocycles. The lowest BCUT2D eigenvalue weighted by Crippen LogP contribution is -2.13. The van der Waals surface area contributed by atoms with Crippen molar-refractivity contribution in [3.8, 4) is 11.4 Å². The van der Waals surface area contributed by atoms with E-state index < -0.39 is 0 Å². The maximum absolute atomic E-state index is 11.3. The summed E-state index contributed by atoms with van der Waals surface area (Å²) in [6, 6.07) is 7.31. The van der Waals surface area contributed by atoms with Crippen LogP contribution in [0.15, 0.2) is 24.3 Å². The van der Waals surface area contributed by atoms with Gasteiger partial charge < -0.3 is 5.32 Å². The number of rotatable bonds is 3. The van der Waals surface area contributed by atoms with Crippen LogP contribution in [-0.2, 0) is 4.79 Å². The standard InChI is InChI=1S/C11H11ClN4O.ClH/c1-7-13-11(16-15-7)8-4-2-3-5-9(8)14-10(17)6-12;/h2-5H,6H2,1H3,(H,14,17)(H,13,15,16);1H. The number of carbonyl (C=O) groups excluding carboxylic acids is 1. The first-order valence-electron chi connectivity index (χ1n) is 5.05. The predicted octanol–water partition coefficient (Wildman–Crippen LogP) is 2.38. The third-order valence-corrected chi connectivity index (χ3v) is 2.40. The van der Waals surface area contributed by atoms with Crippen LogP contribution in [0.4, 0.5) is 5.69 Å². The van der Waals surface area contributed by atoms with Gasteiger partial charge in [0.2, 0.25) is 5.91 Å². The second kappa shape index (κ2) is 6.37. The summed E-state index contributed by atoms with van der Waals surface area (Å²) in [5.74, 6) is 0.930. The molecule has 0 fully saturated rings. The Morgan fingerprint density at radius 3 is 2.78 bits per heavy atom. The molecule has 0 saturated carbocycles. The zero-order valence-corrected chi connectivity index (χ0v) is 11.2. The van der Waals surface area contributed by atoms with Gasteiger partial charge >= 0.3 is 0 Å². The van der Waals surface area contributed by atoms with Crippen molar-refractivity contribution < 1.29 is 4.79 Å². The normalized spacial score (nSPS) is 9.67. The zero-order chi connectivity index (χ0) is 12.3. The number of aryl methyl sites for hydroxylation is 1. The number of aromatic amines is 1. The number of aromatic nitrogens is 3. The topological polar surface area (TPSA) is 70.7 Å². The molecule has 96 valence electrons. The highest BCUT2D eigenvalue weighted by Gasteiger charge is 2.10. The fourth-order valence-electron chi connectivity index (χ4n) is 1.43. The number of hydrogen-bond donors (Lipinski definition) is 2. The highest BCUT2D eigenvalue weighted by molar-refractivity contribution is 6.29. The van der Waals surface area contributed by atoms with Crippen LogP contribution in [0.3, 0.4) is 0 Å². The van der Waals surface area contributed by atoms with E-state index in [0.29, 0.717) is 11.5 Å². The van der Waals surface area contributed by atoms with Gasteiger partial charge in [0.15, 0.2) is 5.82 Å². The first-order chi connectivity index (χ1) is 8.20. The smallest absolute Gasteiger partial charge is 0.239 e. The van der Waals surface area contributed by atoms with Gasteiger partial charge in [0.25, 0.3) is 0 Å². The molecular formula is C11H12Cl2N4O. The third kappa shape index (κ3) is 3.21. The number of carbonyl (C=O) groups is 1. The predicted molar refractivity (Wildman–Crippen MR) is 73.2 cm³/mol. The highest BCUT2D eigenvalue weighted by atomic mass is 35.5. The van der Waals surface area contributed by atoms with Crippen LogP contribution >= 0.6 is 24.0 Å². The summed E-state index contributed by atoms with van der Waals surface area (Å²) in [6.45, 7) is 1.82. The maximum Gasteiger partial charge on any atom is 0.239 e. The number of benzene rings is 1. The molecule has 0 bridgehead atoms. The van der Waals surface area contributed by atoms with Crippen LogP contribution in [0.2, 0.25) is 0 Å². The molecule has 1 aromatic heterocycles. The average Bonchev–Trinajstić information content (AvgIpc) is 2.76. The van der Waals surface area contributed by atoms with E-state index >= 15 is 0 Å². The van der Waals surface area contributed by atoms with Crippen LogP contribution in [-0.4, -0.2) is 27.0 Å². The molecule has 5 nitrogen and oxygen atoms in total. The molecule has 1 aromatic carbocycles. The number of anilines is 1. The summed E-state index contributed by atoms with van der Waals surface area (Å²) in [4.78, 5) is 15.5. The molecule has 1 heterocycles. The zero-order valence-electron chi connectivity index (χ0n) is 9.61. The summed E-state index contributed by atoms with van der Waals surface area (Å²) in [6.07, 6.45) is 0. The minimum absolute atomic E-state index is 0. The van der Waals surface area contributed by atoms with Crippen molar-refractivity contribution in [2.45, 2.75) is 6.92 Å². The first kappa shape index (κ1) is 14.5. The van der Waals surface area contributed by atoms with Gasteiger partial charge in [0, 0.05) is 5.56 Å². The Kier molecular flexibility index (Phi) is 5.12. The maximum atomic E-state index is 11.3. The van der Waals surface area contributed by atoms with Crippen LogP contribution < -0.4 is 5.32 Å². The molecule has 0 saturated heterocycles. The SMILES string of the molecule is Cc1nc(-c2ccccc2NC(=O)CCl)n[nH]1.Cl. The summed E-state index contributed by atoms with van der Waals surface area (Å²) < 4.78 is 0. The van der Waals surface area contributed by atoms with Crippen molar-refractivity contribution >= 4 is 35.6 Å². The molecular weight excluding hydrogens is 275 g/mol. The van der Waals surface area contributed by atoms with E-state index in [0.717, 1.165) is 11.4 Å². The van der Waals surface area contributed by atoms with Crippen LogP contribution in [0.25, 0.3) is 11.4 Å². The van der Waals surface area contributed by atoms with Gasteiger partial charge in [-0.05, 0) is 19.1 Å². The quantitative estimate of drug-likeness (QED) is 0.851. The Labute approximate surface area is 115 Å². The largest absolute Gasteiger partial charge is 0.324 e. The minimum Gasteiger partial charge on any atom is -0.324 e. The molecule has 2 N–H and O–H groups in total. The lowest BCUT2D eigenvalue weighted by Gasteiger charge is -2.06. The minimum atomic E-state index is -0.258. The van der Waals surface area contributed by atoms with E-state index in [1.54, 1.807) is 6.07 Å². The number of para-hydroxylation sites is 1. The molecule has 18 heavy (non-hydrogen) atoms. The molecule has 7 heteroatoms. The summed E-state index contributed by atoms with van der Waals surface area (Å²) in [5.41, 5.74) is 1.41. The molecule has 0 aliphatic rings. The number of nitrogens with zero attached hydrogens (tertiary/aromatic N) is 2.